The highest BCUT2D eigenvalue weighted by atomic mass is 127. The van der Waals surface area contributed by atoms with E-state index in [1.807, 2.05) is 44.4 Å². The summed E-state index contributed by atoms with van der Waals surface area (Å²) >= 11 is 0. The maximum absolute atomic E-state index is 5.53. The normalized spacial score (nSPS) is 15.7. The van der Waals surface area contributed by atoms with Crippen LogP contribution in [0.1, 0.15) is 12.0 Å². The van der Waals surface area contributed by atoms with Crippen LogP contribution >= 0.6 is 24.0 Å². The number of anilines is 1. The second-order valence-corrected chi connectivity index (χ2v) is 7.76. The summed E-state index contributed by atoms with van der Waals surface area (Å²) in [4.78, 5) is 9.00. The topological polar surface area (TPSA) is 58.6 Å². The Morgan fingerprint density at radius 3 is 2.53 bits per heavy atom. The van der Waals surface area contributed by atoms with Gasteiger partial charge in [-0.25, -0.2) is 0 Å². The second kappa shape index (κ2) is 12.6. The minimum atomic E-state index is 0. The number of benzene rings is 2. The minimum Gasteiger partial charge on any atom is -0.497 e. The van der Waals surface area contributed by atoms with E-state index in [4.69, 9.17) is 14.2 Å². The molecule has 3 rings (SSSR count). The van der Waals surface area contributed by atoms with Gasteiger partial charge in [0.1, 0.15) is 17.2 Å². The van der Waals surface area contributed by atoms with Gasteiger partial charge in [-0.1, -0.05) is 6.07 Å². The number of ether oxygens (including phenoxy) is 3. The smallest absolute Gasteiger partial charge is 0.193 e. The zero-order valence-corrected chi connectivity index (χ0v) is 22.0. The molecule has 176 valence electrons. The molecule has 1 aliphatic heterocycles. The lowest BCUT2D eigenvalue weighted by atomic mass is 10.1. The van der Waals surface area contributed by atoms with Crippen molar-refractivity contribution < 1.29 is 14.2 Å². The predicted molar refractivity (Wildman–Crippen MR) is 141 cm³/mol. The van der Waals surface area contributed by atoms with Crippen molar-refractivity contribution >= 4 is 35.6 Å². The van der Waals surface area contributed by atoms with E-state index in [2.05, 4.69) is 32.2 Å². The third kappa shape index (κ3) is 6.57. The lowest BCUT2D eigenvalue weighted by Crippen LogP contribution is -2.41. The van der Waals surface area contributed by atoms with Gasteiger partial charge in [0.2, 0.25) is 0 Å². The number of hydrogen-bond donors (Lipinski definition) is 1. The first-order valence-corrected chi connectivity index (χ1v) is 10.6. The zero-order chi connectivity index (χ0) is 22.2. The van der Waals surface area contributed by atoms with Crippen LogP contribution in [-0.2, 0) is 6.54 Å². The summed E-state index contributed by atoms with van der Waals surface area (Å²) in [6, 6.07) is 14.2. The SMILES string of the molecule is CN=C(NCC1CCN(c2cccc(OC)c2)C1)N(C)Cc1ccc(OC)cc1OC.I. The number of guanidine groups is 1. The van der Waals surface area contributed by atoms with Crippen LogP contribution in [0.2, 0.25) is 0 Å². The van der Waals surface area contributed by atoms with Crippen molar-refractivity contribution in [3.05, 3.63) is 48.0 Å². The number of nitrogens with zero attached hydrogens (tertiary/aromatic N) is 3. The monoisotopic (exact) mass is 554 g/mol. The highest BCUT2D eigenvalue weighted by Gasteiger charge is 2.23. The number of hydrogen-bond acceptors (Lipinski definition) is 5. The van der Waals surface area contributed by atoms with Gasteiger partial charge in [0.15, 0.2) is 5.96 Å². The maximum Gasteiger partial charge on any atom is 0.193 e. The molecule has 0 bridgehead atoms. The Morgan fingerprint density at radius 2 is 1.84 bits per heavy atom. The van der Waals surface area contributed by atoms with E-state index in [1.54, 1.807) is 21.3 Å². The van der Waals surface area contributed by atoms with Crippen LogP contribution in [-0.4, -0.2) is 65.9 Å². The summed E-state index contributed by atoms with van der Waals surface area (Å²) in [5, 5.41) is 3.55. The first kappa shape index (κ1) is 25.9. The van der Waals surface area contributed by atoms with Gasteiger partial charge in [0.25, 0.3) is 0 Å². The lowest BCUT2D eigenvalue weighted by Gasteiger charge is -2.25. The zero-order valence-electron chi connectivity index (χ0n) is 19.6. The summed E-state index contributed by atoms with van der Waals surface area (Å²) < 4.78 is 16.2. The van der Waals surface area contributed by atoms with Crippen molar-refractivity contribution in [1.29, 1.82) is 0 Å². The van der Waals surface area contributed by atoms with Crippen LogP contribution in [0.4, 0.5) is 5.69 Å². The summed E-state index contributed by atoms with van der Waals surface area (Å²) in [6.07, 6.45) is 1.15. The fourth-order valence-corrected chi connectivity index (χ4v) is 3.97. The largest absolute Gasteiger partial charge is 0.497 e. The molecule has 8 heteroatoms. The Morgan fingerprint density at radius 1 is 1.09 bits per heavy atom. The van der Waals surface area contributed by atoms with Gasteiger partial charge in [-0.15, -0.1) is 24.0 Å². The number of methoxy groups -OCH3 is 3. The summed E-state index contributed by atoms with van der Waals surface area (Å²) in [5.41, 5.74) is 2.30. The average molecular weight is 554 g/mol. The molecule has 0 aromatic heterocycles. The standard InChI is InChI=1S/C24H34N4O3.HI/c1-25-24(27(2)17-19-9-10-22(30-4)14-23(19)31-5)26-15-18-11-12-28(16-18)20-7-6-8-21(13-20)29-3;/h6-10,13-14,18H,11-12,15-17H2,1-5H3,(H,25,26);1H. The van der Waals surface area contributed by atoms with E-state index < -0.39 is 0 Å². The van der Waals surface area contributed by atoms with Crippen molar-refractivity contribution in [1.82, 2.24) is 10.2 Å². The third-order valence-corrected chi connectivity index (χ3v) is 5.73. The Hall–Kier alpha value is -2.36. The Balaban J connectivity index is 0.00000363. The van der Waals surface area contributed by atoms with Crippen molar-refractivity contribution in [3.63, 3.8) is 0 Å². The number of rotatable bonds is 8. The van der Waals surface area contributed by atoms with Gasteiger partial charge >= 0.3 is 0 Å². The van der Waals surface area contributed by atoms with E-state index in [9.17, 15) is 0 Å². The number of halogens is 1. The highest BCUT2D eigenvalue weighted by Crippen LogP contribution is 2.27. The van der Waals surface area contributed by atoms with Gasteiger partial charge in [0.05, 0.1) is 21.3 Å². The van der Waals surface area contributed by atoms with Gasteiger partial charge in [-0.3, -0.25) is 4.99 Å². The quantitative estimate of drug-likeness (QED) is 0.304. The van der Waals surface area contributed by atoms with E-state index in [0.29, 0.717) is 12.5 Å². The van der Waals surface area contributed by atoms with Crippen LogP contribution in [0, 0.1) is 5.92 Å². The van der Waals surface area contributed by atoms with Crippen molar-refractivity contribution in [2.24, 2.45) is 10.9 Å². The molecular formula is C24H35IN4O3. The van der Waals surface area contributed by atoms with Gasteiger partial charge in [-0.2, -0.15) is 0 Å². The van der Waals surface area contributed by atoms with Gasteiger partial charge in [0, 0.05) is 63.7 Å². The average Bonchev–Trinajstić information content (AvgIpc) is 3.29. The Bertz CT molecular complexity index is 893. The molecule has 1 N–H and O–H groups in total. The minimum absolute atomic E-state index is 0. The highest BCUT2D eigenvalue weighted by molar-refractivity contribution is 14.0. The Kier molecular flexibility index (Phi) is 10.2. The molecule has 2 aromatic carbocycles. The number of aliphatic imine (C=N–C) groups is 1. The van der Waals surface area contributed by atoms with Gasteiger partial charge in [-0.05, 0) is 36.6 Å². The summed E-state index contributed by atoms with van der Waals surface area (Å²) in [5.74, 6) is 3.93. The lowest BCUT2D eigenvalue weighted by molar-refractivity contribution is 0.382. The van der Waals surface area contributed by atoms with Crippen molar-refractivity contribution in [2.75, 3.05) is 60.0 Å². The molecule has 32 heavy (non-hydrogen) atoms. The molecule has 0 saturated carbocycles. The predicted octanol–water partition coefficient (Wildman–Crippen LogP) is 3.86. The third-order valence-electron chi connectivity index (χ3n) is 5.73. The molecule has 2 aromatic rings. The first-order valence-electron chi connectivity index (χ1n) is 10.6. The molecule has 0 radical (unpaired) electrons. The molecule has 1 atom stereocenters. The van der Waals surface area contributed by atoms with Crippen LogP contribution in [0.3, 0.4) is 0 Å². The van der Waals surface area contributed by atoms with Crippen LogP contribution in [0.15, 0.2) is 47.5 Å². The molecular weight excluding hydrogens is 519 g/mol. The van der Waals surface area contributed by atoms with Crippen LogP contribution in [0.5, 0.6) is 17.2 Å². The van der Waals surface area contributed by atoms with E-state index >= 15 is 0 Å². The maximum atomic E-state index is 5.53. The molecule has 0 aliphatic carbocycles. The fraction of sp³-hybridized carbons (Fsp3) is 0.458. The molecule has 1 heterocycles. The fourth-order valence-electron chi connectivity index (χ4n) is 3.97. The van der Waals surface area contributed by atoms with E-state index in [-0.39, 0.29) is 24.0 Å². The molecule has 1 unspecified atom stereocenters. The molecule has 0 spiro atoms. The molecule has 1 saturated heterocycles. The molecule has 0 amide bonds. The first-order chi connectivity index (χ1) is 15.1. The second-order valence-electron chi connectivity index (χ2n) is 7.76. The summed E-state index contributed by atoms with van der Waals surface area (Å²) in [7, 11) is 8.90. The van der Waals surface area contributed by atoms with E-state index in [0.717, 1.165) is 54.8 Å². The molecule has 1 aliphatic rings. The Labute approximate surface area is 208 Å². The van der Waals surface area contributed by atoms with Crippen molar-refractivity contribution in [3.8, 4) is 17.2 Å². The molecule has 1 fully saturated rings. The number of nitrogens with one attached hydrogen (secondary N) is 1. The van der Waals surface area contributed by atoms with Crippen LogP contribution in [0.25, 0.3) is 0 Å². The van der Waals surface area contributed by atoms with Gasteiger partial charge < -0.3 is 29.3 Å². The summed E-state index contributed by atoms with van der Waals surface area (Å²) in [6.45, 7) is 3.65. The van der Waals surface area contributed by atoms with Crippen LogP contribution < -0.4 is 24.4 Å². The van der Waals surface area contributed by atoms with E-state index in [1.165, 1.54) is 5.69 Å². The van der Waals surface area contributed by atoms with Crippen molar-refractivity contribution in [2.45, 2.75) is 13.0 Å². The molecule has 7 nitrogen and oxygen atoms in total.